The first kappa shape index (κ1) is 10.7. The van der Waals surface area contributed by atoms with Crippen LogP contribution < -0.4 is 10.6 Å². The number of piperidine rings is 1. The van der Waals surface area contributed by atoms with E-state index in [-0.39, 0.29) is 0 Å². The van der Waals surface area contributed by atoms with Crippen LogP contribution >= 0.6 is 0 Å². The van der Waals surface area contributed by atoms with Crippen molar-refractivity contribution in [2.24, 2.45) is 0 Å². The van der Waals surface area contributed by atoms with Gasteiger partial charge in [-0.3, -0.25) is 0 Å². The zero-order valence-electron chi connectivity index (χ0n) is 9.33. The summed E-state index contributed by atoms with van der Waals surface area (Å²) in [5, 5.41) is 7.03. The highest BCUT2D eigenvalue weighted by atomic mass is 16.3. The molecule has 2 heterocycles. The third-order valence-corrected chi connectivity index (χ3v) is 2.95. The zero-order valence-corrected chi connectivity index (χ0v) is 9.33. The van der Waals surface area contributed by atoms with E-state index < -0.39 is 0 Å². The Morgan fingerprint density at radius 1 is 1.53 bits per heavy atom. The van der Waals surface area contributed by atoms with Crippen LogP contribution in [0.4, 0.5) is 0 Å². The van der Waals surface area contributed by atoms with Crippen LogP contribution in [0.3, 0.4) is 0 Å². The summed E-state index contributed by atoms with van der Waals surface area (Å²) >= 11 is 0. The van der Waals surface area contributed by atoms with Crippen molar-refractivity contribution >= 4 is 0 Å². The standard InChI is InChI=1S/C12H20N2O/c1-10(9-12-3-2-8-15-12)14-11-4-6-13-7-5-11/h2-3,8,10-11,13-14H,4-7,9H2,1H3. The maximum atomic E-state index is 5.34. The molecule has 2 rings (SSSR count). The summed E-state index contributed by atoms with van der Waals surface area (Å²) in [6, 6.07) is 5.17. The highest BCUT2D eigenvalue weighted by molar-refractivity contribution is 5.00. The van der Waals surface area contributed by atoms with Gasteiger partial charge in [-0.15, -0.1) is 0 Å². The van der Waals surface area contributed by atoms with Gasteiger partial charge >= 0.3 is 0 Å². The van der Waals surface area contributed by atoms with Crippen LogP contribution in [0.15, 0.2) is 22.8 Å². The van der Waals surface area contributed by atoms with Crippen molar-refractivity contribution in [3.05, 3.63) is 24.2 Å². The number of hydrogen-bond acceptors (Lipinski definition) is 3. The SMILES string of the molecule is CC(Cc1ccco1)NC1CCNCC1. The molecule has 0 amide bonds. The van der Waals surface area contributed by atoms with Crippen LogP contribution in [0.5, 0.6) is 0 Å². The smallest absolute Gasteiger partial charge is 0.105 e. The van der Waals surface area contributed by atoms with Gasteiger partial charge in [0.1, 0.15) is 5.76 Å². The van der Waals surface area contributed by atoms with Crippen molar-refractivity contribution in [2.45, 2.75) is 38.3 Å². The Kier molecular flexibility index (Phi) is 3.80. The van der Waals surface area contributed by atoms with Gasteiger partial charge in [0.25, 0.3) is 0 Å². The Morgan fingerprint density at radius 3 is 3.00 bits per heavy atom. The second-order valence-electron chi connectivity index (χ2n) is 4.38. The molecule has 1 aromatic rings. The molecule has 0 aliphatic carbocycles. The molecule has 0 aromatic carbocycles. The summed E-state index contributed by atoms with van der Waals surface area (Å²) in [4.78, 5) is 0. The van der Waals surface area contributed by atoms with Crippen LogP contribution in [0.2, 0.25) is 0 Å². The van der Waals surface area contributed by atoms with Gasteiger partial charge in [0, 0.05) is 18.5 Å². The fraction of sp³-hybridized carbons (Fsp3) is 0.667. The first-order chi connectivity index (χ1) is 7.34. The lowest BCUT2D eigenvalue weighted by molar-refractivity contribution is 0.345. The molecule has 15 heavy (non-hydrogen) atoms. The van der Waals surface area contributed by atoms with Crippen LogP contribution in [-0.2, 0) is 6.42 Å². The van der Waals surface area contributed by atoms with Gasteiger partial charge in [-0.25, -0.2) is 0 Å². The van der Waals surface area contributed by atoms with Gasteiger partial charge in [-0.05, 0) is 45.0 Å². The molecule has 0 bridgehead atoms. The molecule has 1 unspecified atom stereocenters. The Hall–Kier alpha value is -0.800. The largest absolute Gasteiger partial charge is 0.469 e. The predicted octanol–water partition coefficient (Wildman–Crippen LogP) is 1.55. The first-order valence-corrected chi connectivity index (χ1v) is 5.84. The maximum absolute atomic E-state index is 5.34. The molecule has 1 saturated heterocycles. The summed E-state index contributed by atoms with van der Waals surface area (Å²) < 4.78 is 5.34. The number of nitrogens with one attached hydrogen (secondary N) is 2. The quantitative estimate of drug-likeness (QED) is 0.788. The summed E-state index contributed by atoms with van der Waals surface area (Å²) in [6.07, 6.45) is 5.20. The van der Waals surface area contributed by atoms with E-state index in [4.69, 9.17) is 4.42 Å². The van der Waals surface area contributed by atoms with Gasteiger partial charge in [0.15, 0.2) is 0 Å². The van der Waals surface area contributed by atoms with Crippen molar-refractivity contribution in [2.75, 3.05) is 13.1 Å². The van der Waals surface area contributed by atoms with E-state index in [0.717, 1.165) is 25.3 Å². The Bertz CT molecular complexity index is 265. The lowest BCUT2D eigenvalue weighted by atomic mass is 10.0. The lowest BCUT2D eigenvalue weighted by Gasteiger charge is -2.26. The molecule has 1 aromatic heterocycles. The average molecular weight is 208 g/mol. The zero-order chi connectivity index (χ0) is 10.5. The third-order valence-electron chi connectivity index (χ3n) is 2.95. The van der Waals surface area contributed by atoms with Gasteiger partial charge in [0.2, 0.25) is 0 Å². The minimum Gasteiger partial charge on any atom is -0.469 e. The predicted molar refractivity (Wildman–Crippen MR) is 60.9 cm³/mol. The van der Waals surface area contributed by atoms with Crippen LogP contribution in [-0.4, -0.2) is 25.2 Å². The van der Waals surface area contributed by atoms with Gasteiger partial charge in [-0.1, -0.05) is 0 Å². The molecule has 0 saturated carbocycles. The van der Waals surface area contributed by atoms with E-state index in [9.17, 15) is 0 Å². The van der Waals surface area contributed by atoms with Crippen molar-refractivity contribution in [1.82, 2.24) is 10.6 Å². The van der Waals surface area contributed by atoms with Crippen molar-refractivity contribution < 1.29 is 4.42 Å². The molecular weight excluding hydrogens is 188 g/mol. The fourth-order valence-corrected chi connectivity index (χ4v) is 2.18. The molecule has 1 aliphatic rings. The number of furan rings is 1. The van der Waals surface area contributed by atoms with Gasteiger partial charge in [-0.2, -0.15) is 0 Å². The maximum Gasteiger partial charge on any atom is 0.105 e. The fourth-order valence-electron chi connectivity index (χ4n) is 2.18. The highest BCUT2D eigenvalue weighted by Crippen LogP contribution is 2.07. The molecule has 0 radical (unpaired) electrons. The van der Waals surface area contributed by atoms with E-state index >= 15 is 0 Å². The second kappa shape index (κ2) is 5.33. The van der Waals surface area contributed by atoms with Crippen molar-refractivity contribution in [3.63, 3.8) is 0 Å². The normalized spacial score (nSPS) is 20.3. The molecule has 1 aliphatic heterocycles. The second-order valence-corrected chi connectivity index (χ2v) is 4.38. The minimum atomic E-state index is 0.499. The van der Waals surface area contributed by atoms with Crippen LogP contribution in [0.25, 0.3) is 0 Å². The van der Waals surface area contributed by atoms with Gasteiger partial charge < -0.3 is 15.1 Å². The number of rotatable bonds is 4. The van der Waals surface area contributed by atoms with E-state index in [1.54, 1.807) is 6.26 Å². The molecular formula is C12H20N2O. The monoisotopic (exact) mass is 208 g/mol. The summed E-state index contributed by atoms with van der Waals surface area (Å²) in [5.41, 5.74) is 0. The summed E-state index contributed by atoms with van der Waals surface area (Å²) in [6.45, 7) is 4.51. The summed E-state index contributed by atoms with van der Waals surface area (Å²) in [5.74, 6) is 1.07. The molecule has 84 valence electrons. The van der Waals surface area contributed by atoms with E-state index in [1.165, 1.54) is 12.8 Å². The third kappa shape index (κ3) is 3.36. The van der Waals surface area contributed by atoms with Gasteiger partial charge in [0.05, 0.1) is 6.26 Å². The minimum absolute atomic E-state index is 0.499. The molecule has 3 heteroatoms. The Balaban J connectivity index is 1.74. The lowest BCUT2D eigenvalue weighted by Crippen LogP contribution is -2.44. The van der Waals surface area contributed by atoms with Crippen molar-refractivity contribution in [1.29, 1.82) is 0 Å². The van der Waals surface area contributed by atoms with Crippen LogP contribution in [0.1, 0.15) is 25.5 Å². The van der Waals surface area contributed by atoms with Crippen LogP contribution in [0, 0.1) is 0 Å². The Morgan fingerprint density at radius 2 is 2.33 bits per heavy atom. The topological polar surface area (TPSA) is 37.2 Å². The summed E-state index contributed by atoms with van der Waals surface area (Å²) in [7, 11) is 0. The number of hydrogen-bond donors (Lipinski definition) is 2. The molecule has 2 N–H and O–H groups in total. The Labute approximate surface area is 91.2 Å². The molecule has 1 fully saturated rings. The first-order valence-electron chi connectivity index (χ1n) is 5.84. The average Bonchev–Trinajstić information content (AvgIpc) is 2.71. The van der Waals surface area contributed by atoms with E-state index in [2.05, 4.69) is 17.6 Å². The molecule has 0 spiro atoms. The van der Waals surface area contributed by atoms with E-state index in [0.29, 0.717) is 12.1 Å². The molecule has 3 nitrogen and oxygen atoms in total. The highest BCUT2D eigenvalue weighted by Gasteiger charge is 2.15. The van der Waals surface area contributed by atoms with Crippen molar-refractivity contribution in [3.8, 4) is 0 Å². The van der Waals surface area contributed by atoms with E-state index in [1.807, 2.05) is 12.1 Å². The molecule has 1 atom stereocenters.